The molecule has 2 rings (SSSR count). The van der Waals surface area contributed by atoms with Gasteiger partial charge >= 0.3 is 35.8 Å². The predicted molar refractivity (Wildman–Crippen MR) is 203 cm³/mol. The quantitative estimate of drug-likeness (QED) is 0.0881. The first kappa shape index (κ1) is 50.9. The van der Waals surface area contributed by atoms with Crippen molar-refractivity contribution in [2.24, 2.45) is 0 Å². The number of carbonyl (C=O) groups excluding carboxylic acids is 2. The zero-order valence-corrected chi connectivity index (χ0v) is 33.4. The summed E-state index contributed by atoms with van der Waals surface area (Å²) in [5.74, 6) is -5.91. The van der Waals surface area contributed by atoms with E-state index in [0.29, 0.717) is 98.2 Å². The maximum Gasteiger partial charge on any atom is 0.317 e. The van der Waals surface area contributed by atoms with Gasteiger partial charge in [-0.25, -0.2) is 0 Å². The van der Waals surface area contributed by atoms with Crippen LogP contribution in [0.25, 0.3) is 0 Å². The molecule has 2 saturated heterocycles. The molecule has 0 amide bonds. The van der Waals surface area contributed by atoms with E-state index in [2.05, 4.69) is 0 Å². The van der Waals surface area contributed by atoms with Crippen molar-refractivity contribution in [2.45, 2.75) is 26.8 Å². The Morgan fingerprint density at radius 3 is 0.807 bits per heavy atom. The van der Waals surface area contributed by atoms with Crippen molar-refractivity contribution < 1.29 is 69.0 Å². The highest BCUT2D eigenvalue weighted by Crippen LogP contribution is 2.07. The average molecular weight is 819 g/mol. The Morgan fingerprint density at radius 2 is 0.561 bits per heavy atom. The summed E-state index contributed by atoms with van der Waals surface area (Å²) in [4.78, 5) is 104. The molecule has 2 fully saturated rings. The largest absolute Gasteiger partial charge is 0.480 e. The molecule has 326 valence electrons. The number of carboxylic acid groups (broad SMARTS) is 6. The first-order chi connectivity index (χ1) is 26.7. The summed E-state index contributed by atoms with van der Waals surface area (Å²) in [6, 6.07) is -0.128. The van der Waals surface area contributed by atoms with Gasteiger partial charge in [-0.2, -0.15) is 0 Å². The molecule has 0 spiro atoms. The lowest BCUT2D eigenvalue weighted by Crippen LogP contribution is -2.51. The lowest BCUT2D eigenvalue weighted by molar-refractivity contribution is -0.141. The van der Waals surface area contributed by atoms with Crippen molar-refractivity contribution in [3.05, 3.63) is 0 Å². The molecule has 0 aromatic rings. The summed E-state index contributed by atoms with van der Waals surface area (Å²) in [6.07, 6.45) is 0. The maximum atomic E-state index is 11.7. The minimum atomic E-state index is -0.993. The van der Waals surface area contributed by atoms with Crippen molar-refractivity contribution in [2.75, 3.05) is 151 Å². The van der Waals surface area contributed by atoms with E-state index < -0.39 is 35.8 Å². The summed E-state index contributed by atoms with van der Waals surface area (Å²) in [6.45, 7) is 10.1. The molecule has 0 bridgehead atoms. The Morgan fingerprint density at radius 1 is 0.351 bits per heavy atom. The number of carbonyl (C=O) groups is 8. The van der Waals surface area contributed by atoms with E-state index in [4.69, 9.17) is 25.5 Å². The first-order valence-electron chi connectivity index (χ1n) is 18.8. The van der Waals surface area contributed by atoms with Crippen LogP contribution in [0.1, 0.15) is 20.8 Å². The van der Waals surface area contributed by atoms with Gasteiger partial charge in [-0.05, 0) is 20.8 Å². The first-order valence-corrected chi connectivity index (χ1v) is 18.8. The van der Waals surface area contributed by atoms with Crippen molar-refractivity contribution in [1.29, 1.82) is 0 Å². The molecule has 2 heterocycles. The second-order valence-electron chi connectivity index (χ2n) is 14.5. The average Bonchev–Trinajstić information content (AvgIpc) is 3.06. The molecule has 0 aromatic carbocycles. The van der Waals surface area contributed by atoms with Gasteiger partial charge in [-0.15, -0.1) is 0 Å². The van der Waals surface area contributed by atoms with Gasteiger partial charge in [0.15, 0.2) is 0 Å². The summed E-state index contributed by atoms with van der Waals surface area (Å²) >= 11 is 0. The molecular formula is C35H62N8O14. The van der Waals surface area contributed by atoms with Gasteiger partial charge in [0.1, 0.15) is 11.6 Å². The third kappa shape index (κ3) is 25.7. The number of rotatable bonds is 16. The molecule has 1 unspecified atom stereocenters. The monoisotopic (exact) mass is 818 g/mol. The Labute approximate surface area is 332 Å². The molecule has 6 N–H and O–H groups in total. The lowest BCUT2D eigenvalue weighted by atomic mass is 10.2. The third-order valence-electron chi connectivity index (χ3n) is 9.27. The second-order valence-corrected chi connectivity index (χ2v) is 14.5. The van der Waals surface area contributed by atoms with E-state index >= 15 is 0 Å². The molecule has 0 aromatic heterocycles. The highest BCUT2D eigenvalue weighted by atomic mass is 16.4. The van der Waals surface area contributed by atoms with E-state index in [1.54, 1.807) is 29.4 Å². The molecular weight excluding hydrogens is 756 g/mol. The normalized spacial score (nSPS) is 20.6. The zero-order chi connectivity index (χ0) is 43.1. The van der Waals surface area contributed by atoms with Gasteiger partial charge in [0.05, 0.1) is 52.4 Å². The van der Waals surface area contributed by atoms with Gasteiger partial charge in [0.25, 0.3) is 0 Å². The molecule has 22 nitrogen and oxygen atoms in total. The number of nitrogens with zero attached hydrogens (tertiary/aromatic N) is 8. The van der Waals surface area contributed by atoms with Crippen LogP contribution in [0.4, 0.5) is 0 Å². The highest BCUT2D eigenvalue weighted by Gasteiger charge is 2.25. The maximum absolute atomic E-state index is 11.7. The van der Waals surface area contributed by atoms with Crippen molar-refractivity contribution in [3.8, 4) is 0 Å². The van der Waals surface area contributed by atoms with Crippen molar-refractivity contribution in [1.82, 2.24) is 39.2 Å². The van der Waals surface area contributed by atoms with E-state index in [1.165, 1.54) is 13.8 Å². The van der Waals surface area contributed by atoms with Gasteiger partial charge in [0.2, 0.25) is 0 Å². The molecule has 0 saturated carbocycles. The second kappa shape index (κ2) is 27.5. The topological polar surface area (TPSA) is 284 Å². The number of hydrogen-bond acceptors (Lipinski definition) is 16. The molecule has 1 atom stereocenters. The summed E-state index contributed by atoms with van der Waals surface area (Å²) in [7, 11) is 0. The Balaban J connectivity index is 0.000000570. The lowest BCUT2D eigenvalue weighted by Gasteiger charge is -2.36. The van der Waals surface area contributed by atoms with Crippen LogP contribution in [-0.2, 0) is 38.4 Å². The minimum Gasteiger partial charge on any atom is -0.480 e. The molecule has 57 heavy (non-hydrogen) atoms. The fourth-order valence-corrected chi connectivity index (χ4v) is 6.51. The standard InChI is InChI=1S/C18H32N4O7.C17H30N4O7/c1-14-9-21(13-18(28)29)6-5-19(11-16(24)25)3-4-20(12-17(26)27)7-8-22(14)10-15(2)23;1-14(22)10-18-2-4-19(11-15(23)24)6-8-21(13-17(27)28)9-7-20(5-3-18)12-16(25)26/h14H,3-13H2,1-2H3,(H,24,25)(H,26,27)(H,28,29);2-13H2,1H3,(H,23,24)(H,25,26)(H,27,28). The highest BCUT2D eigenvalue weighted by molar-refractivity contribution is 5.78. The molecule has 2 aliphatic heterocycles. The van der Waals surface area contributed by atoms with Crippen LogP contribution < -0.4 is 0 Å². The smallest absolute Gasteiger partial charge is 0.317 e. The summed E-state index contributed by atoms with van der Waals surface area (Å²) in [5.41, 5.74) is 0. The van der Waals surface area contributed by atoms with E-state index in [-0.39, 0.29) is 70.0 Å². The fraction of sp³-hybridized carbons (Fsp3) is 0.771. The molecule has 0 aliphatic carbocycles. The van der Waals surface area contributed by atoms with Crippen LogP contribution in [0.5, 0.6) is 0 Å². The van der Waals surface area contributed by atoms with Gasteiger partial charge in [0, 0.05) is 104 Å². The Bertz CT molecular complexity index is 1230. The van der Waals surface area contributed by atoms with Crippen LogP contribution >= 0.6 is 0 Å². The summed E-state index contributed by atoms with van der Waals surface area (Å²) < 4.78 is 0. The van der Waals surface area contributed by atoms with Gasteiger partial charge < -0.3 is 30.6 Å². The van der Waals surface area contributed by atoms with Crippen molar-refractivity contribution in [3.63, 3.8) is 0 Å². The van der Waals surface area contributed by atoms with Crippen LogP contribution in [-0.4, -0.2) is 274 Å². The van der Waals surface area contributed by atoms with Gasteiger partial charge in [-0.3, -0.25) is 77.6 Å². The third-order valence-corrected chi connectivity index (χ3v) is 9.27. The molecule has 2 aliphatic rings. The molecule has 0 radical (unpaired) electrons. The predicted octanol–water partition coefficient (Wildman–Crippen LogP) is -3.51. The summed E-state index contributed by atoms with van der Waals surface area (Å²) in [5, 5.41) is 54.8. The zero-order valence-electron chi connectivity index (χ0n) is 33.4. The number of aliphatic carboxylic acids is 6. The number of ketones is 2. The van der Waals surface area contributed by atoms with E-state index in [1.807, 2.05) is 16.7 Å². The van der Waals surface area contributed by atoms with E-state index in [0.717, 1.165) is 0 Å². The van der Waals surface area contributed by atoms with Crippen molar-refractivity contribution >= 4 is 47.4 Å². The van der Waals surface area contributed by atoms with Crippen LogP contribution in [0.15, 0.2) is 0 Å². The number of carboxylic acids is 6. The minimum absolute atomic E-state index is 0.0192. The Hall–Kier alpha value is -4.16. The van der Waals surface area contributed by atoms with Crippen LogP contribution in [0.3, 0.4) is 0 Å². The fourth-order valence-electron chi connectivity index (χ4n) is 6.51. The number of Topliss-reactive ketones (excluding diaryl/α,β-unsaturated/α-hetero) is 2. The number of hydrogen-bond donors (Lipinski definition) is 6. The molecule has 22 heteroatoms. The van der Waals surface area contributed by atoms with Crippen LogP contribution in [0, 0.1) is 0 Å². The Kier molecular flexibility index (Phi) is 24.5. The van der Waals surface area contributed by atoms with Crippen LogP contribution in [0.2, 0.25) is 0 Å². The van der Waals surface area contributed by atoms with Gasteiger partial charge in [-0.1, -0.05) is 0 Å². The van der Waals surface area contributed by atoms with E-state index in [9.17, 15) is 43.5 Å². The SMILES string of the molecule is CC(=O)CN1CCN(CC(=O)O)CCN(CC(=O)O)CCN(CC(=O)O)CC1.CC(=O)CN1CCN(CC(=O)O)CCN(CC(=O)O)CCN(CC(=O)O)CC1C.